The standard InChI is InChI=1S/C21H21FN2O4S/c1-10-4-6-14-16(8-10)29-20-17(14)19(25)23-18(24-20)11(2)28-21(26)13-7-5-12(27-3)9-15(13)22/h5,7,9-11H,4,6,8H2,1-3H3,(H,23,24,25)/t10-,11+/m1/s1. The lowest BCUT2D eigenvalue weighted by molar-refractivity contribution is 0.0314. The second-order valence-corrected chi connectivity index (χ2v) is 8.46. The van der Waals surface area contributed by atoms with Crippen LogP contribution in [0, 0.1) is 11.7 Å². The van der Waals surface area contributed by atoms with Gasteiger partial charge in [-0.05, 0) is 49.8 Å². The van der Waals surface area contributed by atoms with Crippen LogP contribution in [0.3, 0.4) is 0 Å². The van der Waals surface area contributed by atoms with Gasteiger partial charge in [-0.2, -0.15) is 0 Å². The van der Waals surface area contributed by atoms with Crippen LogP contribution in [-0.2, 0) is 17.6 Å². The zero-order chi connectivity index (χ0) is 20.7. The molecule has 1 N–H and O–H groups in total. The molecule has 0 aliphatic heterocycles. The van der Waals surface area contributed by atoms with E-state index >= 15 is 0 Å². The molecule has 6 nitrogen and oxygen atoms in total. The summed E-state index contributed by atoms with van der Waals surface area (Å²) in [5.74, 6) is -0.428. The maximum Gasteiger partial charge on any atom is 0.341 e. The minimum Gasteiger partial charge on any atom is -0.497 e. The SMILES string of the molecule is COc1ccc(C(=O)O[C@@H](C)c2nc3sc4c(c3c(=O)[nH]2)CC[C@@H](C)C4)c(F)c1. The van der Waals surface area contributed by atoms with Gasteiger partial charge in [-0.15, -0.1) is 11.3 Å². The number of aryl methyl sites for hydroxylation is 1. The van der Waals surface area contributed by atoms with Crippen molar-refractivity contribution < 1.29 is 18.7 Å². The predicted octanol–water partition coefficient (Wildman–Crippen LogP) is 4.18. The Morgan fingerprint density at radius 2 is 2.21 bits per heavy atom. The van der Waals surface area contributed by atoms with Crippen LogP contribution >= 0.6 is 11.3 Å². The number of benzene rings is 1. The maximum absolute atomic E-state index is 14.1. The lowest BCUT2D eigenvalue weighted by Crippen LogP contribution is -2.18. The molecule has 29 heavy (non-hydrogen) atoms. The number of carbonyl (C=O) groups is 1. The number of halogens is 1. The van der Waals surface area contributed by atoms with Crippen molar-refractivity contribution in [2.24, 2.45) is 5.92 Å². The summed E-state index contributed by atoms with van der Waals surface area (Å²) in [6.45, 7) is 3.80. The number of nitrogens with zero attached hydrogens (tertiary/aromatic N) is 1. The summed E-state index contributed by atoms with van der Waals surface area (Å²) in [5.41, 5.74) is 0.658. The summed E-state index contributed by atoms with van der Waals surface area (Å²) in [6, 6.07) is 3.90. The summed E-state index contributed by atoms with van der Waals surface area (Å²) in [6.07, 6.45) is 2.05. The van der Waals surface area contributed by atoms with Crippen LogP contribution in [0.5, 0.6) is 5.75 Å². The largest absolute Gasteiger partial charge is 0.497 e. The number of rotatable bonds is 4. The van der Waals surface area contributed by atoms with Crippen LogP contribution in [-0.4, -0.2) is 23.0 Å². The van der Waals surface area contributed by atoms with Crippen LogP contribution in [0.25, 0.3) is 10.2 Å². The zero-order valence-electron chi connectivity index (χ0n) is 16.4. The van der Waals surface area contributed by atoms with Gasteiger partial charge < -0.3 is 14.5 Å². The summed E-state index contributed by atoms with van der Waals surface area (Å²) >= 11 is 1.53. The highest BCUT2D eigenvalue weighted by Gasteiger charge is 2.25. The Morgan fingerprint density at radius 3 is 2.93 bits per heavy atom. The molecule has 0 fully saturated rings. The van der Waals surface area contributed by atoms with Crippen molar-refractivity contribution >= 4 is 27.5 Å². The van der Waals surface area contributed by atoms with Gasteiger partial charge in [-0.25, -0.2) is 14.2 Å². The van der Waals surface area contributed by atoms with Gasteiger partial charge in [0.05, 0.1) is 18.1 Å². The molecule has 152 valence electrons. The Hall–Kier alpha value is -2.74. The fourth-order valence-corrected chi connectivity index (χ4v) is 5.02. The van der Waals surface area contributed by atoms with Gasteiger partial charge in [0.2, 0.25) is 0 Å². The monoisotopic (exact) mass is 416 g/mol. The van der Waals surface area contributed by atoms with Crippen molar-refractivity contribution in [3.05, 3.63) is 56.2 Å². The van der Waals surface area contributed by atoms with E-state index < -0.39 is 17.9 Å². The molecule has 0 spiro atoms. The molecule has 0 unspecified atom stereocenters. The highest BCUT2D eigenvalue weighted by molar-refractivity contribution is 7.18. The third kappa shape index (κ3) is 3.64. The van der Waals surface area contributed by atoms with Crippen LogP contribution < -0.4 is 10.3 Å². The zero-order valence-corrected chi connectivity index (χ0v) is 17.2. The average Bonchev–Trinajstić information content (AvgIpc) is 3.05. The number of aromatic amines is 1. The second-order valence-electron chi connectivity index (χ2n) is 7.38. The quantitative estimate of drug-likeness (QED) is 0.646. The predicted molar refractivity (Wildman–Crippen MR) is 108 cm³/mol. The first-order valence-corrected chi connectivity index (χ1v) is 10.3. The molecule has 0 saturated heterocycles. The van der Waals surface area contributed by atoms with E-state index in [9.17, 15) is 14.0 Å². The Balaban J connectivity index is 1.61. The molecule has 8 heteroatoms. The van der Waals surface area contributed by atoms with E-state index in [2.05, 4.69) is 16.9 Å². The molecule has 0 bridgehead atoms. The van der Waals surface area contributed by atoms with E-state index in [0.717, 1.165) is 30.9 Å². The molecule has 1 aliphatic rings. The number of hydrogen-bond donors (Lipinski definition) is 1. The Labute approximate surface area is 170 Å². The average molecular weight is 416 g/mol. The molecule has 1 aliphatic carbocycles. The highest BCUT2D eigenvalue weighted by Crippen LogP contribution is 2.36. The van der Waals surface area contributed by atoms with Gasteiger partial charge in [0.15, 0.2) is 11.9 Å². The van der Waals surface area contributed by atoms with E-state index in [1.807, 2.05) is 0 Å². The fourth-order valence-electron chi connectivity index (χ4n) is 3.63. The third-order valence-electron chi connectivity index (χ3n) is 5.25. The number of hydrogen-bond acceptors (Lipinski definition) is 6. The normalized spacial score (nSPS) is 17.0. The Morgan fingerprint density at radius 1 is 1.41 bits per heavy atom. The topological polar surface area (TPSA) is 81.3 Å². The Kier molecular flexibility index (Phi) is 5.12. The Bertz CT molecular complexity index is 1150. The van der Waals surface area contributed by atoms with Crippen molar-refractivity contribution in [2.75, 3.05) is 7.11 Å². The first-order valence-electron chi connectivity index (χ1n) is 9.46. The number of nitrogens with one attached hydrogen (secondary N) is 1. The van der Waals surface area contributed by atoms with E-state index in [1.54, 1.807) is 6.92 Å². The van der Waals surface area contributed by atoms with E-state index in [4.69, 9.17) is 9.47 Å². The molecule has 1 aromatic carbocycles. The lowest BCUT2D eigenvalue weighted by Gasteiger charge is -2.17. The van der Waals surface area contributed by atoms with E-state index in [0.29, 0.717) is 21.9 Å². The molecular weight excluding hydrogens is 395 g/mol. The number of esters is 1. The highest BCUT2D eigenvalue weighted by atomic mass is 32.1. The summed E-state index contributed by atoms with van der Waals surface area (Å²) < 4.78 is 24.4. The van der Waals surface area contributed by atoms with Gasteiger partial charge in [0.25, 0.3) is 5.56 Å². The summed E-state index contributed by atoms with van der Waals surface area (Å²) in [4.78, 5) is 34.2. The van der Waals surface area contributed by atoms with Crippen molar-refractivity contribution in [1.82, 2.24) is 9.97 Å². The number of methoxy groups -OCH3 is 1. The lowest BCUT2D eigenvalue weighted by atomic mass is 9.89. The van der Waals surface area contributed by atoms with Gasteiger partial charge in [0, 0.05) is 10.9 Å². The number of ether oxygens (including phenoxy) is 2. The first-order chi connectivity index (χ1) is 13.9. The van der Waals surface area contributed by atoms with E-state index in [-0.39, 0.29) is 16.9 Å². The van der Waals surface area contributed by atoms with Crippen molar-refractivity contribution in [3.63, 3.8) is 0 Å². The van der Waals surface area contributed by atoms with Gasteiger partial charge >= 0.3 is 5.97 Å². The van der Waals surface area contributed by atoms with E-state index in [1.165, 1.54) is 35.5 Å². The van der Waals surface area contributed by atoms with Crippen LogP contribution in [0.15, 0.2) is 23.0 Å². The van der Waals surface area contributed by atoms with Gasteiger partial charge in [-0.3, -0.25) is 4.79 Å². The molecule has 4 rings (SSSR count). The minimum absolute atomic E-state index is 0.207. The minimum atomic E-state index is -0.834. The van der Waals surface area contributed by atoms with Gasteiger partial charge in [-0.1, -0.05) is 6.92 Å². The molecule has 0 amide bonds. The number of carbonyl (C=O) groups excluding carboxylic acids is 1. The van der Waals surface area contributed by atoms with Crippen molar-refractivity contribution in [2.45, 2.75) is 39.2 Å². The van der Waals surface area contributed by atoms with Crippen molar-refractivity contribution in [3.8, 4) is 5.75 Å². The second kappa shape index (κ2) is 7.59. The molecule has 0 saturated carbocycles. The maximum atomic E-state index is 14.1. The van der Waals surface area contributed by atoms with Crippen molar-refractivity contribution in [1.29, 1.82) is 0 Å². The first kappa shape index (κ1) is 19.6. The molecule has 0 radical (unpaired) electrons. The summed E-state index contributed by atoms with van der Waals surface area (Å²) in [5, 5.41) is 0.639. The van der Waals surface area contributed by atoms with Crippen LogP contribution in [0.1, 0.15) is 53.0 Å². The number of H-pyrrole nitrogens is 1. The smallest absolute Gasteiger partial charge is 0.341 e. The van der Waals surface area contributed by atoms with Crippen LogP contribution in [0.4, 0.5) is 4.39 Å². The third-order valence-corrected chi connectivity index (χ3v) is 6.40. The molecular formula is C21H21FN2O4S. The molecule has 3 aromatic rings. The number of thiophene rings is 1. The van der Waals surface area contributed by atoms with Gasteiger partial charge in [0.1, 0.15) is 16.4 Å². The fraction of sp³-hybridized carbons (Fsp3) is 0.381. The molecule has 2 heterocycles. The molecule has 2 aromatic heterocycles. The molecule has 2 atom stereocenters. The summed E-state index contributed by atoms with van der Waals surface area (Å²) in [7, 11) is 1.41. The number of fused-ring (bicyclic) bond motifs is 3. The number of aromatic nitrogens is 2. The van der Waals surface area contributed by atoms with Crippen LogP contribution in [0.2, 0.25) is 0 Å².